The topological polar surface area (TPSA) is 95.7 Å². The van der Waals surface area contributed by atoms with E-state index in [4.69, 9.17) is 31.7 Å². The summed E-state index contributed by atoms with van der Waals surface area (Å²) in [6.07, 6.45) is 3.48. The predicted molar refractivity (Wildman–Crippen MR) is 121 cm³/mol. The number of nitrogens with zero attached hydrogens (tertiary/aromatic N) is 2. The summed E-state index contributed by atoms with van der Waals surface area (Å²) in [5.74, 6) is 1.76. The van der Waals surface area contributed by atoms with Crippen molar-refractivity contribution in [1.29, 1.82) is 0 Å². The number of aryl methyl sites for hydroxylation is 2. The Morgan fingerprint density at radius 1 is 0.613 bits per heavy atom. The van der Waals surface area contributed by atoms with Gasteiger partial charge in [0.15, 0.2) is 0 Å². The summed E-state index contributed by atoms with van der Waals surface area (Å²) in [4.78, 5) is 7.96. The fourth-order valence-electron chi connectivity index (χ4n) is 2.05. The number of hydrogen-bond donors (Lipinski definition) is 3. The summed E-state index contributed by atoms with van der Waals surface area (Å²) in [5, 5.41) is 26.9. The Labute approximate surface area is 186 Å². The largest absolute Gasteiger partial charge is 0.508 e. The zero-order chi connectivity index (χ0) is 22.6. The molecule has 0 saturated carbocycles. The van der Waals surface area contributed by atoms with E-state index in [0.717, 1.165) is 11.1 Å². The van der Waals surface area contributed by atoms with Gasteiger partial charge in [0, 0.05) is 18.5 Å². The smallest absolute Gasteiger partial charge is 0.219 e. The molecule has 0 unspecified atom stereocenters. The molecular formula is C24H23ClN2O4. The third kappa shape index (κ3) is 9.51. The van der Waals surface area contributed by atoms with Crippen LogP contribution in [0.25, 0.3) is 0 Å². The Hall–Kier alpha value is -3.77. The van der Waals surface area contributed by atoms with Crippen molar-refractivity contribution in [1.82, 2.24) is 9.97 Å². The average Bonchev–Trinajstić information content (AvgIpc) is 2.76. The number of rotatable bonds is 2. The van der Waals surface area contributed by atoms with Crippen LogP contribution in [0.4, 0.5) is 0 Å². The number of phenolic OH excluding ortho intramolecular Hbond substituents is 3. The molecule has 160 valence electrons. The molecule has 0 radical (unpaired) electrons. The van der Waals surface area contributed by atoms with Gasteiger partial charge in [-0.3, -0.25) is 0 Å². The highest BCUT2D eigenvalue weighted by molar-refractivity contribution is 6.29. The first-order valence-electron chi connectivity index (χ1n) is 9.27. The van der Waals surface area contributed by atoms with Crippen LogP contribution in [-0.4, -0.2) is 25.3 Å². The monoisotopic (exact) mass is 438 g/mol. The molecule has 0 spiro atoms. The Bertz CT molecular complexity index is 908. The molecule has 3 N–H and O–H groups in total. The van der Waals surface area contributed by atoms with E-state index in [1.54, 1.807) is 42.7 Å². The first-order chi connectivity index (χ1) is 14.8. The normalized spacial score (nSPS) is 9.52. The molecule has 0 atom stereocenters. The van der Waals surface area contributed by atoms with Crippen LogP contribution < -0.4 is 4.74 Å². The lowest BCUT2D eigenvalue weighted by atomic mass is 10.3. The van der Waals surface area contributed by atoms with E-state index in [-0.39, 0.29) is 17.2 Å². The quantitative estimate of drug-likeness (QED) is 0.261. The lowest BCUT2D eigenvalue weighted by molar-refractivity contribution is 0.454. The summed E-state index contributed by atoms with van der Waals surface area (Å²) in [6.45, 7) is 3.95. The fraction of sp³-hybridized carbons (Fsp3) is 0.0833. The summed E-state index contributed by atoms with van der Waals surface area (Å²) in [6, 6.07) is 19.7. The van der Waals surface area contributed by atoms with Crippen molar-refractivity contribution in [2.24, 2.45) is 0 Å². The number of pyridine rings is 2. The Balaban J connectivity index is 0.000000181. The van der Waals surface area contributed by atoms with Crippen LogP contribution in [0.15, 0.2) is 85.2 Å². The van der Waals surface area contributed by atoms with Gasteiger partial charge in [0.2, 0.25) is 5.88 Å². The number of ether oxygens (including phenoxy) is 1. The van der Waals surface area contributed by atoms with Gasteiger partial charge in [0.25, 0.3) is 0 Å². The zero-order valence-corrected chi connectivity index (χ0v) is 17.9. The SMILES string of the molecule is Cc1ccc(Cl)nc1.Cc1ccc(Oc2ccc(O)cc2)nc1.Oc1ccc(O)cc1. The van der Waals surface area contributed by atoms with Crippen LogP contribution in [0, 0.1) is 13.8 Å². The van der Waals surface area contributed by atoms with Crippen molar-refractivity contribution in [2.75, 3.05) is 0 Å². The van der Waals surface area contributed by atoms with Crippen molar-refractivity contribution in [3.8, 4) is 28.9 Å². The minimum atomic E-state index is 0.169. The second kappa shape index (κ2) is 12.0. The maximum absolute atomic E-state index is 9.09. The molecule has 0 fully saturated rings. The molecule has 0 aliphatic carbocycles. The molecule has 0 aliphatic heterocycles. The summed E-state index contributed by atoms with van der Waals surface area (Å²) >= 11 is 5.50. The molecule has 0 aliphatic rings. The highest BCUT2D eigenvalue weighted by Gasteiger charge is 1.97. The first-order valence-corrected chi connectivity index (χ1v) is 9.65. The Kier molecular flexibility index (Phi) is 9.13. The van der Waals surface area contributed by atoms with E-state index in [1.165, 1.54) is 24.3 Å². The van der Waals surface area contributed by atoms with Crippen molar-refractivity contribution < 1.29 is 20.1 Å². The van der Waals surface area contributed by atoms with Crippen LogP contribution in [0.3, 0.4) is 0 Å². The predicted octanol–water partition coefficient (Wildman–Crippen LogP) is 6.03. The van der Waals surface area contributed by atoms with Gasteiger partial charge in [-0.25, -0.2) is 9.97 Å². The standard InChI is InChI=1S/C12H11NO2.C6H6ClN.C6H6O2/c1-9-2-7-12(13-8-9)15-11-5-3-10(14)4-6-11;1-5-2-3-6(7)8-4-5;7-5-1-2-6(8)4-3-5/h2-8,14H,1H3;2-4H,1H3;1-4,7-8H. The van der Waals surface area contributed by atoms with Crippen molar-refractivity contribution in [3.63, 3.8) is 0 Å². The van der Waals surface area contributed by atoms with Gasteiger partial charge in [-0.1, -0.05) is 23.7 Å². The molecule has 6 nitrogen and oxygen atoms in total. The van der Waals surface area contributed by atoms with E-state index in [0.29, 0.717) is 16.8 Å². The molecular weight excluding hydrogens is 416 g/mol. The minimum Gasteiger partial charge on any atom is -0.508 e. The second-order valence-electron chi connectivity index (χ2n) is 6.44. The third-order valence-corrected chi connectivity index (χ3v) is 3.89. The molecule has 4 aromatic rings. The molecule has 0 saturated heterocycles. The maximum atomic E-state index is 9.09. The van der Waals surface area contributed by atoms with Gasteiger partial charge in [0.05, 0.1) is 0 Å². The molecule has 31 heavy (non-hydrogen) atoms. The molecule has 2 heterocycles. The maximum Gasteiger partial charge on any atom is 0.219 e. The van der Waals surface area contributed by atoms with Crippen molar-refractivity contribution in [3.05, 3.63) is 101 Å². The number of halogens is 1. The molecule has 2 aromatic heterocycles. The van der Waals surface area contributed by atoms with E-state index in [1.807, 2.05) is 32.0 Å². The first kappa shape index (κ1) is 23.5. The highest BCUT2D eigenvalue weighted by atomic mass is 35.5. The van der Waals surface area contributed by atoms with E-state index < -0.39 is 0 Å². The number of phenols is 3. The second-order valence-corrected chi connectivity index (χ2v) is 6.83. The molecule has 2 aromatic carbocycles. The number of benzene rings is 2. The van der Waals surface area contributed by atoms with Gasteiger partial charge < -0.3 is 20.1 Å². The van der Waals surface area contributed by atoms with Crippen LogP contribution in [0.1, 0.15) is 11.1 Å². The Morgan fingerprint density at radius 2 is 1.06 bits per heavy atom. The Morgan fingerprint density at radius 3 is 1.45 bits per heavy atom. The zero-order valence-electron chi connectivity index (χ0n) is 17.1. The van der Waals surface area contributed by atoms with Crippen LogP contribution in [0.5, 0.6) is 28.9 Å². The molecule has 0 bridgehead atoms. The van der Waals surface area contributed by atoms with Crippen molar-refractivity contribution in [2.45, 2.75) is 13.8 Å². The minimum absolute atomic E-state index is 0.169. The number of aromatic hydroxyl groups is 3. The summed E-state index contributed by atoms with van der Waals surface area (Å²) < 4.78 is 5.47. The molecule has 7 heteroatoms. The van der Waals surface area contributed by atoms with E-state index >= 15 is 0 Å². The van der Waals surface area contributed by atoms with E-state index in [2.05, 4.69) is 9.97 Å². The van der Waals surface area contributed by atoms with Crippen LogP contribution >= 0.6 is 11.6 Å². The highest BCUT2D eigenvalue weighted by Crippen LogP contribution is 2.21. The molecule has 0 amide bonds. The van der Waals surface area contributed by atoms with Crippen LogP contribution in [0.2, 0.25) is 5.15 Å². The van der Waals surface area contributed by atoms with Gasteiger partial charge in [-0.2, -0.15) is 0 Å². The van der Waals surface area contributed by atoms with Crippen LogP contribution in [-0.2, 0) is 0 Å². The fourth-order valence-corrected chi connectivity index (χ4v) is 2.16. The lowest BCUT2D eigenvalue weighted by Gasteiger charge is -2.04. The lowest BCUT2D eigenvalue weighted by Crippen LogP contribution is -1.87. The van der Waals surface area contributed by atoms with Gasteiger partial charge >= 0.3 is 0 Å². The number of aromatic nitrogens is 2. The third-order valence-electron chi connectivity index (χ3n) is 3.67. The van der Waals surface area contributed by atoms with E-state index in [9.17, 15) is 0 Å². The summed E-state index contributed by atoms with van der Waals surface area (Å²) in [5.41, 5.74) is 2.22. The van der Waals surface area contributed by atoms with Gasteiger partial charge in [-0.05, 0) is 79.6 Å². The average molecular weight is 439 g/mol. The summed E-state index contributed by atoms with van der Waals surface area (Å²) in [7, 11) is 0. The molecule has 4 rings (SSSR count). The van der Waals surface area contributed by atoms with Gasteiger partial charge in [-0.15, -0.1) is 0 Å². The number of hydrogen-bond acceptors (Lipinski definition) is 6. The van der Waals surface area contributed by atoms with Crippen molar-refractivity contribution >= 4 is 11.6 Å². The van der Waals surface area contributed by atoms with Gasteiger partial charge in [0.1, 0.15) is 28.2 Å².